The molecular weight excluding hydrogens is 208 g/mol. The lowest BCUT2D eigenvalue weighted by atomic mass is 9.83. The fourth-order valence-corrected chi connectivity index (χ4v) is 2.84. The molecule has 2 nitrogen and oxygen atoms in total. The minimum atomic E-state index is 0.658. The molecule has 1 saturated carbocycles. The van der Waals surface area contributed by atoms with Gasteiger partial charge >= 0.3 is 0 Å². The summed E-state index contributed by atoms with van der Waals surface area (Å²) in [6.45, 7) is 4.44. The Hall–Kier alpha value is -1.05. The molecule has 1 aromatic rings. The Kier molecular flexibility index (Phi) is 4.41. The maximum absolute atomic E-state index is 4.19. The first-order valence-corrected chi connectivity index (χ1v) is 6.96. The zero-order chi connectivity index (χ0) is 12.1. The van der Waals surface area contributed by atoms with Gasteiger partial charge < -0.3 is 5.32 Å². The lowest BCUT2D eigenvalue weighted by molar-refractivity contribution is 0.319. The van der Waals surface area contributed by atoms with Crippen LogP contribution in [0.5, 0.6) is 0 Å². The van der Waals surface area contributed by atoms with Gasteiger partial charge in [0.05, 0.1) is 11.9 Å². The van der Waals surface area contributed by atoms with Crippen LogP contribution in [0, 0.1) is 12.8 Å². The summed E-state index contributed by atoms with van der Waals surface area (Å²) < 4.78 is 0. The van der Waals surface area contributed by atoms with E-state index < -0.39 is 0 Å². The zero-order valence-corrected chi connectivity index (χ0v) is 11.1. The zero-order valence-electron chi connectivity index (χ0n) is 11.1. The van der Waals surface area contributed by atoms with Crippen molar-refractivity contribution in [3.05, 3.63) is 24.0 Å². The summed E-state index contributed by atoms with van der Waals surface area (Å²) in [6, 6.07) is 2.73. The summed E-state index contributed by atoms with van der Waals surface area (Å²) in [5.74, 6) is 0.980. The fraction of sp³-hybridized carbons (Fsp3) is 0.667. The number of anilines is 1. The molecule has 0 amide bonds. The number of hydrogen-bond acceptors (Lipinski definition) is 2. The van der Waals surface area contributed by atoms with Gasteiger partial charge in [-0.3, -0.25) is 4.98 Å². The molecule has 2 rings (SSSR count). The van der Waals surface area contributed by atoms with Crippen molar-refractivity contribution in [1.82, 2.24) is 4.98 Å². The molecule has 1 aliphatic rings. The third-order valence-electron chi connectivity index (χ3n) is 3.94. The van der Waals surface area contributed by atoms with E-state index in [9.17, 15) is 0 Å². The van der Waals surface area contributed by atoms with E-state index in [0.717, 1.165) is 5.92 Å². The Bertz CT molecular complexity index is 341. The van der Waals surface area contributed by atoms with E-state index in [4.69, 9.17) is 0 Å². The minimum absolute atomic E-state index is 0.658. The largest absolute Gasteiger partial charge is 0.381 e. The van der Waals surface area contributed by atoms with Crippen molar-refractivity contribution in [1.29, 1.82) is 0 Å². The maximum atomic E-state index is 4.19. The average molecular weight is 232 g/mol. The van der Waals surface area contributed by atoms with Gasteiger partial charge in [-0.1, -0.05) is 19.8 Å². The van der Waals surface area contributed by atoms with E-state index in [-0.39, 0.29) is 0 Å². The molecule has 1 heterocycles. The van der Waals surface area contributed by atoms with Crippen molar-refractivity contribution in [2.45, 2.75) is 58.4 Å². The van der Waals surface area contributed by atoms with Gasteiger partial charge in [0.2, 0.25) is 0 Å². The second kappa shape index (κ2) is 6.04. The van der Waals surface area contributed by atoms with Crippen molar-refractivity contribution in [2.24, 2.45) is 5.92 Å². The fourth-order valence-electron chi connectivity index (χ4n) is 2.84. The van der Waals surface area contributed by atoms with E-state index in [1.807, 2.05) is 12.4 Å². The average Bonchev–Trinajstić information content (AvgIpc) is 2.35. The minimum Gasteiger partial charge on any atom is -0.381 e. The molecule has 0 atom stereocenters. The van der Waals surface area contributed by atoms with E-state index in [1.165, 1.54) is 49.8 Å². The summed E-state index contributed by atoms with van der Waals surface area (Å²) in [5.41, 5.74) is 2.52. The number of aryl methyl sites for hydroxylation is 1. The summed E-state index contributed by atoms with van der Waals surface area (Å²) in [5, 5.41) is 3.65. The number of pyridine rings is 1. The van der Waals surface area contributed by atoms with Crippen LogP contribution in [0.15, 0.2) is 18.5 Å². The standard InChI is InChI=1S/C15H24N2/c1-3-4-13-5-7-14(8-6-13)17-15-11-16-10-9-12(15)2/h9-11,13-14,17H,3-8H2,1-2H3. The highest BCUT2D eigenvalue weighted by Crippen LogP contribution is 2.29. The number of nitrogens with one attached hydrogen (secondary N) is 1. The number of rotatable bonds is 4. The van der Waals surface area contributed by atoms with Crippen LogP contribution >= 0.6 is 0 Å². The highest BCUT2D eigenvalue weighted by Gasteiger charge is 2.20. The van der Waals surface area contributed by atoms with Gasteiger partial charge in [-0.2, -0.15) is 0 Å². The molecule has 1 aromatic heterocycles. The van der Waals surface area contributed by atoms with Gasteiger partial charge in [0.15, 0.2) is 0 Å². The number of hydrogen-bond donors (Lipinski definition) is 1. The normalized spacial score (nSPS) is 24.6. The first-order chi connectivity index (χ1) is 8.29. The number of aromatic nitrogens is 1. The molecule has 17 heavy (non-hydrogen) atoms. The van der Waals surface area contributed by atoms with E-state index in [2.05, 4.69) is 30.2 Å². The molecule has 0 aromatic carbocycles. The van der Waals surface area contributed by atoms with Gasteiger partial charge in [-0.25, -0.2) is 0 Å². The van der Waals surface area contributed by atoms with Gasteiger partial charge in [0.25, 0.3) is 0 Å². The summed E-state index contributed by atoms with van der Waals surface area (Å²) >= 11 is 0. The van der Waals surface area contributed by atoms with Gasteiger partial charge in [-0.05, 0) is 50.2 Å². The van der Waals surface area contributed by atoms with Crippen LogP contribution in [0.3, 0.4) is 0 Å². The predicted octanol–water partition coefficient (Wildman–Crippen LogP) is 4.16. The van der Waals surface area contributed by atoms with Crippen LogP contribution in [0.1, 0.15) is 51.0 Å². The third kappa shape index (κ3) is 3.45. The molecule has 2 heteroatoms. The molecule has 0 aliphatic heterocycles. The second-order valence-corrected chi connectivity index (χ2v) is 5.34. The maximum Gasteiger partial charge on any atom is 0.0558 e. The Morgan fingerprint density at radius 3 is 2.71 bits per heavy atom. The van der Waals surface area contributed by atoms with E-state index in [1.54, 1.807) is 0 Å². The summed E-state index contributed by atoms with van der Waals surface area (Å²) in [7, 11) is 0. The first kappa shape index (κ1) is 12.4. The monoisotopic (exact) mass is 232 g/mol. The molecule has 94 valence electrons. The van der Waals surface area contributed by atoms with E-state index in [0.29, 0.717) is 6.04 Å². The van der Waals surface area contributed by atoms with Gasteiger partial charge in [0, 0.05) is 12.2 Å². The van der Waals surface area contributed by atoms with E-state index >= 15 is 0 Å². The summed E-state index contributed by atoms with van der Waals surface area (Å²) in [6.07, 6.45) is 12.0. The SMILES string of the molecule is CCCC1CCC(Nc2cnccc2C)CC1. The topological polar surface area (TPSA) is 24.9 Å². The Morgan fingerprint density at radius 1 is 1.29 bits per heavy atom. The predicted molar refractivity (Wildman–Crippen MR) is 73.3 cm³/mol. The van der Waals surface area contributed by atoms with Crippen LogP contribution in [0.4, 0.5) is 5.69 Å². The van der Waals surface area contributed by atoms with Crippen LogP contribution < -0.4 is 5.32 Å². The second-order valence-electron chi connectivity index (χ2n) is 5.34. The lowest BCUT2D eigenvalue weighted by Gasteiger charge is -2.29. The van der Waals surface area contributed by atoms with Crippen molar-refractivity contribution in [3.8, 4) is 0 Å². The highest BCUT2D eigenvalue weighted by atomic mass is 14.9. The molecule has 1 N–H and O–H groups in total. The molecule has 0 bridgehead atoms. The Balaban J connectivity index is 1.84. The molecule has 0 spiro atoms. The van der Waals surface area contributed by atoms with Crippen molar-refractivity contribution in [2.75, 3.05) is 5.32 Å². The lowest BCUT2D eigenvalue weighted by Crippen LogP contribution is -2.26. The first-order valence-electron chi connectivity index (χ1n) is 6.96. The van der Waals surface area contributed by atoms with Crippen molar-refractivity contribution in [3.63, 3.8) is 0 Å². The van der Waals surface area contributed by atoms with Crippen LogP contribution in [-0.2, 0) is 0 Å². The molecule has 0 unspecified atom stereocenters. The van der Waals surface area contributed by atoms with Gasteiger partial charge in [-0.15, -0.1) is 0 Å². The smallest absolute Gasteiger partial charge is 0.0558 e. The van der Waals surface area contributed by atoms with Crippen LogP contribution in [-0.4, -0.2) is 11.0 Å². The molecule has 1 fully saturated rings. The summed E-state index contributed by atoms with van der Waals surface area (Å²) in [4.78, 5) is 4.19. The molecule has 0 radical (unpaired) electrons. The van der Waals surface area contributed by atoms with Crippen LogP contribution in [0.25, 0.3) is 0 Å². The third-order valence-corrected chi connectivity index (χ3v) is 3.94. The van der Waals surface area contributed by atoms with Crippen molar-refractivity contribution >= 4 is 5.69 Å². The Morgan fingerprint density at radius 2 is 2.06 bits per heavy atom. The van der Waals surface area contributed by atoms with Gasteiger partial charge in [0.1, 0.15) is 0 Å². The molecule has 0 saturated heterocycles. The highest BCUT2D eigenvalue weighted by molar-refractivity contribution is 5.48. The molecular formula is C15H24N2. The quantitative estimate of drug-likeness (QED) is 0.843. The molecule has 1 aliphatic carbocycles. The number of nitrogens with zero attached hydrogens (tertiary/aromatic N) is 1. The Labute approximate surface area is 105 Å². The van der Waals surface area contributed by atoms with Crippen molar-refractivity contribution < 1.29 is 0 Å². The van der Waals surface area contributed by atoms with Crippen LogP contribution in [0.2, 0.25) is 0 Å².